The summed E-state index contributed by atoms with van der Waals surface area (Å²) in [6.07, 6.45) is 0.891. The molecule has 0 saturated heterocycles. The molecular formula is C23H28N2O5. The Hall–Kier alpha value is -3.06. The summed E-state index contributed by atoms with van der Waals surface area (Å²) in [4.78, 5) is 26.9. The molecule has 2 aromatic carbocycles. The van der Waals surface area contributed by atoms with E-state index in [0.29, 0.717) is 18.0 Å². The van der Waals surface area contributed by atoms with E-state index >= 15 is 0 Å². The van der Waals surface area contributed by atoms with Gasteiger partial charge in [0.2, 0.25) is 5.91 Å². The summed E-state index contributed by atoms with van der Waals surface area (Å²) in [5.74, 6) is 0.797. The molecule has 1 aliphatic heterocycles. The van der Waals surface area contributed by atoms with Crippen molar-refractivity contribution in [1.82, 2.24) is 4.90 Å². The Morgan fingerprint density at radius 1 is 1.10 bits per heavy atom. The quantitative estimate of drug-likeness (QED) is 0.704. The van der Waals surface area contributed by atoms with Crippen LogP contribution in [0, 0.1) is 6.92 Å². The Labute approximate surface area is 176 Å². The molecule has 1 aliphatic rings. The van der Waals surface area contributed by atoms with Gasteiger partial charge in [-0.15, -0.1) is 0 Å². The lowest BCUT2D eigenvalue weighted by Gasteiger charge is -2.36. The van der Waals surface area contributed by atoms with Crippen LogP contribution in [-0.4, -0.2) is 51.2 Å². The second-order valence-corrected chi connectivity index (χ2v) is 7.29. The predicted octanol–water partition coefficient (Wildman–Crippen LogP) is 3.11. The number of benzene rings is 2. The first-order chi connectivity index (χ1) is 14.5. The minimum absolute atomic E-state index is 0.122. The third kappa shape index (κ3) is 4.74. The van der Waals surface area contributed by atoms with Gasteiger partial charge in [-0.2, -0.15) is 0 Å². The number of amides is 1. The van der Waals surface area contributed by atoms with E-state index in [9.17, 15) is 9.59 Å². The fourth-order valence-electron chi connectivity index (χ4n) is 3.84. The van der Waals surface area contributed by atoms with Crippen LogP contribution >= 0.6 is 0 Å². The van der Waals surface area contributed by atoms with E-state index in [0.717, 1.165) is 28.8 Å². The van der Waals surface area contributed by atoms with Gasteiger partial charge in [0.15, 0.2) is 11.5 Å². The zero-order chi connectivity index (χ0) is 21.7. The average molecular weight is 412 g/mol. The molecule has 1 atom stereocenters. The van der Waals surface area contributed by atoms with Gasteiger partial charge in [0.05, 0.1) is 34.3 Å². The van der Waals surface area contributed by atoms with Crippen molar-refractivity contribution in [2.45, 2.75) is 25.8 Å². The van der Waals surface area contributed by atoms with E-state index in [1.807, 2.05) is 48.2 Å². The van der Waals surface area contributed by atoms with Gasteiger partial charge in [-0.1, -0.05) is 18.2 Å². The fraction of sp³-hybridized carbons (Fsp3) is 0.391. The number of hydrogen-bond donors (Lipinski definition) is 1. The first-order valence-electron chi connectivity index (χ1n) is 9.88. The van der Waals surface area contributed by atoms with Gasteiger partial charge < -0.3 is 19.5 Å². The van der Waals surface area contributed by atoms with Crippen LogP contribution in [0.25, 0.3) is 0 Å². The van der Waals surface area contributed by atoms with Crippen LogP contribution in [0.4, 0.5) is 5.69 Å². The highest BCUT2D eigenvalue weighted by atomic mass is 16.5. The Bertz CT molecular complexity index is 928. The number of nitrogens with zero attached hydrogens (tertiary/aromatic N) is 1. The van der Waals surface area contributed by atoms with Crippen LogP contribution in [0.2, 0.25) is 0 Å². The van der Waals surface area contributed by atoms with Crippen molar-refractivity contribution < 1.29 is 23.8 Å². The molecule has 0 bridgehead atoms. The highest BCUT2D eigenvalue weighted by Crippen LogP contribution is 2.39. The van der Waals surface area contributed by atoms with Crippen LogP contribution < -0.4 is 14.8 Å². The second kappa shape index (κ2) is 9.63. The summed E-state index contributed by atoms with van der Waals surface area (Å²) in [6.45, 7) is 2.77. The van der Waals surface area contributed by atoms with Gasteiger partial charge in [-0.25, -0.2) is 0 Å². The Balaban J connectivity index is 1.86. The SMILES string of the molecule is COC(=O)C[C@@H]1c2cc(OC)c(OC)cc2CCN1CC(=O)Nc1ccccc1C. The zero-order valence-corrected chi connectivity index (χ0v) is 17.9. The molecule has 1 amide bonds. The Morgan fingerprint density at radius 2 is 1.80 bits per heavy atom. The molecule has 0 fully saturated rings. The van der Waals surface area contributed by atoms with Gasteiger partial charge in [0, 0.05) is 18.3 Å². The lowest BCUT2D eigenvalue weighted by Crippen LogP contribution is -2.41. The van der Waals surface area contributed by atoms with Crippen LogP contribution in [0.1, 0.15) is 29.2 Å². The predicted molar refractivity (Wildman–Crippen MR) is 114 cm³/mol. The third-order valence-electron chi connectivity index (χ3n) is 5.47. The number of ether oxygens (including phenoxy) is 3. The van der Waals surface area contributed by atoms with Gasteiger partial charge in [0.25, 0.3) is 0 Å². The molecule has 30 heavy (non-hydrogen) atoms. The standard InChI is InChI=1S/C23H28N2O5/c1-15-7-5-6-8-18(15)24-22(26)14-25-10-9-16-11-20(28-2)21(29-3)12-17(16)19(25)13-23(27)30-4/h5-8,11-12,19H,9-10,13-14H2,1-4H3,(H,24,26)/t19-/m1/s1. The molecule has 0 aromatic heterocycles. The van der Waals surface area contributed by atoms with E-state index < -0.39 is 0 Å². The van der Waals surface area contributed by atoms with Crippen molar-refractivity contribution in [3.63, 3.8) is 0 Å². The number of aryl methyl sites for hydroxylation is 1. The van der Waals surface area contributed by atoms with Crippen LogP contribution in [0.3, 0.4) is 0 Å². The van der Waals surface area contributed by atoms with E-state index in [-0.39, 0.29) is 30.9 Å². The molecule has 1 N–H and O–H groups in total. The minimum Gasteiger partial charge on any atom is -0.493 e. The third-order valence-corrected chi connectivity index (χ3v) is 5.47. The molecule has 0 saturated carbocycles. The highest BCUT2D eigenvalue weighted by Gasteiger charge is 2.32. The number of hydrogen-bond acceptors (Lipinski definition) is 6. The van der Waals surface area contributed by atoms with Crippen molar-refractivity contribution in [2.75, 3.05) is 39.7 Å². The first kappa shape index (κ1) is 21.6. The maximum absolute atomic E-state index is 12.8. The average Bonchev–Trinajstić information content (AvgIpc) is 2.75. The summed E-state index contributed by atoms with van der Waals surface area (Å²) in [5.41, 5.74) is 3.82. The molecule has 3 rings (SSSR count). The number of methoxy groups -OCH3 is 3. The summed E-state index contributed by atoms with van der Waals surface area (Å²) >= 11 is 0. The summed E-state index contributed by atoms with van der Waals surface area (Å²) in [7, 11) is 4.55. The molecule has 2 aromatic rings. The highest BCUT2D eigenvalue weighted by molar-refractivity contribution is 5.93. The number of rotatable bonds is 7. The van der Waals surface area contributed by atoms with Gasteiger partial charge >= 0.3 is 5.97 Å². The first-order valence-corrected chi connectivity index (χ1v) is 9.88. The molecule has 0 aliphatic carbocycles. The lowest BCUT2D eigenvalue weighted by molar-refractivity contribution is -0.142. The van der Waals surface area contributed by atoms with Crippen molar-refractivity contribution in [1.29, 1.82) is 0 Å². The number of anilines is 1. The summed E-state index contributed by atoms with van der Waals surface area (Å²) in [5, 5.41) is 2.97. The van der Waals surface area contributed by atoms with Crippen LogP contribution in [-0.2, 0) is 20.7 Å². The number of carbonyl (C=O) groups excluding carboxylic acids is 2. The molecule has 0 unspecified atom stereocenters. The number of fused-ring (bicyclic) bond motifs is 1. The number of nitrogens with one attached hydrogen (secondary N) is 1. The topological polar surface area (TPSA) is 77.1 Å². The van der Waals surface area contributed by atoms with E-state index in [1.54, 1.807) is 14.2 Å². The fourth-order valence-corrected chi connectivity index (χ4v) is 3.84. The van der Waals surface area contributed by atoms with Gasteiger partial charge in [-0.3, -0.25) is 14.5 Å². The maximum Gasteiger partial charge on any atom is 0.307 e. The molecular weight excluding hydrogens is 384 g/mol. The maximum atomic E-state index is 12.8. The number of esters is 1. The largest absolute Gasteiger partial charge is 0.493 e. The molecule has 160 valence electrons. The van der Waals surface area contributed by atoms with E-state index in [1.165, 1.54) is 7.11 Å². The van der Waals surface area contributed by atoms with Crippen molar-refractivity contribution in [3.05, 3.63) is 53.1 Å². The molecule has 7 heteroatoms. The molecule has 0 radical (unpaired) electrons. The normalized spacial score (nSPS) is 15.8. The Morgan fingerprint density at radius 3 is 2.47 bits per heavy atom. The van der Waals surface area contributed by atoms with E-state index in [2.05, 4.69) is 5.32 Å². The van der Waals surface area contributed by atoms with Crippen LogP contribution in [0.5, 0.6) is 11.5 Å². The smallest absolute Gasteiger partial charge is 0.307 e. The summed E-state index contributed by atoms with van der Waals surface area (Å²) in [6, 6.07) is 11.2. The molecule has 1 heterocycles. The Kier molecular flexibility index (Phi) is 6.95. The number of para-hydroxylation sites is 1. The molecule has 0 spiro atoms. The number of carbonyl (C=O) groups is 2. The second-order valence-electron chi connectivity index (χ2n) is 7.29. The monoisotopic (exact) mass is 412 g/mol. The van der Waals surface area contributed by atoms with Crippen LogP contribution in [0.15, 0.2) is 36.4 Å². The van der Waals surface area contributed by atoms with E-state index in [4.69, 9.17) is 14.2 Å². The zero-order valence-electron chi connectivity index (χ0n) is 17.9. The minimum atomic E-state index is -0.327. The summed E-state index contributed by atoms with van der Waals surface area (Å²) < 4.78 is 15.8. The van der Waals surface area contributed by atoms with Crippen molar-refractivity contribution in [2.24, 2.45) is 0 Å². The van der Waals surface area contributed by atoms with Crippen molar-refractivity contribution in [3.8, 4) is 11.5 Å². The van der Waals surface area contributed by atoms with Gasteiger partial charge in [-0.05, 0) is 48.2 Å². The van der Waals surface area contributed by atoms with Gasteiger partial charge in [0.1, 0.15) is 0 Å². The van der Waals surface area contributed by atoms with Crippen molar-refractivity contribution >= 4 is 17.6 Å². The lowest BCUT2D eigenvalue weighted by atomic mass is 9.90. The molecule has 7 nitrogen and oxygen atoms in total.